The van der Waals surface area contributed by atoms with Crippen LogP contribution in [-0.4, -0.2) is 67.4 Å². The van der Waals surface area contributed by atoms with E-state index in [1.165, 1.54) is 10.4 Å². The zero-order chi connectivity index (χ0) is 20.9. The second-order valence-electron chi connectivity index (χ2n) is 9.29. The zero-order valence-corrected chi connectivity index (χ0v) is 19.0. The molecule has 4 rings (SSSR count). The summed E-state index contributed by atoms with van der Waals surface area (Å²) in [7, 11) is -2.99. The first-order chi connectivity index (χ1) is 13.6. The van der Waals surface area contributed by atoms with E-state index in [-0.39, 0.29) is 23.1 Å². The Balaban J connectivity index is 1.46. The lowest BCUT2D eigenvalue weighted by Gasteiger charge is -2.49. The minimum absolute atomic E-state index is 0.0765. The highest BCUT2D eigenvalue weighted by atomic mass is 32.2. The number of piperidine rings is 1. The van der Waals surface area contributed by atoms with E-state index in [0.29, 0.717) is 32.4 Å². The Bertz CT molecular complexity index is 839. The van der Waals surface area contributed by atoms with Crippen molar-refractivity contribution in [3.05, 3.63) is 21.4 Å². The van der Waals surface area contributed by atoms with Crippen molar-refractivity contribution in [2.24, 2.45) is 0 Å². The maximum Gasteiger partial charge on any atom is 0.150 e. The van der Waals surface area contributed by atoms with Gasteiger partial charge in [0.05, 0.1) is 23.7 Å². The molecule has 3 aliphatic heterocycles. The van der Waals surface area contributed by atoms with Crippen LogP contribution < -0.4 is 0 Å². The molecule has 2 fully saturated rings. The fourth-order valence-corrected chi connectivity index (χ4v) is 8.22. The molecular weight excluding hydrogens is 413 g/mol. The van der Waals surface area contributed by atoms with Crippen LogP contribution >= 0.6 is 11.3 Å². The van der Waals surface area contributed by atoms with Gasteiger partial charge in [0.1, 0.15) is 11.8 Å². The number of likely N-dealkylation sites (tertiary alicyclic amines) is 1. The average Bonchev–Trinajstić information content (AvgIpc) is 3.04. The molecule has 8 heteroatoms. The summed E-state index contributed by atoms with van der Waals surface area (Å²) in [5.74, 6) is 0.153. The molecule has 1 aromatic heterocycles. The van der Waals surface area contributed by atoms with Gasteiger partial charge >= 0.3 is 0 Å². The predicted molar refractivity (Wildman–Crippen MR) is 113 cm³/mol. The summed E-state index contributed by atoms with van der Waals surface area (Å²) in [5, 5.41) is 10.9. The van der Waals surface area contributed by atoms with Crippen LogP contribution in [0.15, 0.2) is 6.07 Å². The number of sulfone groups is 1. The minimum atomic E-state index is -2.99. The third-order valence-corrected chi connectivity index (χ3v) is 9.85. The highest BCUT2D eigenvalue weighted by Crippen LogP contribution is 2.47. The maximum absolute atomic E-state index is 13.5. The first kappa shape index (κ1) is 21.7. The largest absolute Gasteiger partial charge is 0.388 e. The molecule has 2 unspecified atom stereocenters. The number of hydrogen-bond donors (Lipinski definition) is 1. The van der Waals surface area contributed by atoms with E-state index >= 15 is 0 Å². The Morgan fingerprint density at radius 3 is 2.76 bits per heavy atom. The molecule has 0 aromatic carbocycles. The van der Waals surface area contributed by atoms with E-state index in [1.807, 2.05) is 0 Å². The first-order valence-corrected chi connectivity index (χ1v) is 13.3. The van der Waals surface area contributed by atoms with Gasteiger partial charge in [-0.25, -0.2) is 12.8 Å². The van der Waals surface area contributed by atoms with Crippen LogP contribution in [0, 0.1) is 0 Å². The number of nitrogens with zero attached hydrogens (tertiary/aromatic N) is 1. The molecule has 1 N–H and O–H groups in total. The summed E-state index contributed by atoms with van der Waals surface area (Å²) in [6.07, 6.45) is 2.85. The van der Waals surface area contributed by atoms with Crippen molar-refractivity contribution < 1.29 is 22.7 Å². The van der Waals surface area contributed by atoms with Crippen molar-refractivity contribution in [1.29, 1.82) is 0 Å². The number of thiophene rings is 1. The van der Waals surface area contributed by atoms with Gasteiger partial charge in [0.25, 0.3) is 0 Å². The normalized spacial score (nSPS) is 32.8. The lowest BCUT2D eigenvalue weighted by Crippen LogP contribution is -2.56. The van der Waals surface area contributed by atoms with E-state index in [4.69, 9.17) is 4.74 Å². The molecule has 3 atom stereocenters. The van der Waals surface area contributed by atoms with Crippen molar-refractivity contribution in [3.8, 4) is 0 Å². The molecule has 0 bridgehead atoms. The van der Waals surface area contributed by atoms with E-state index in [1.54, 1.807) is 18.3 Å². The molecule has 0 aliphatic carbocycles. The van der Waals surface area contributed by atoms with Crippen LogP contribution in [0.25, 0.3) is 0 Å². The number of aliphatic hydroxyl groups is 1. The topological polar surface area (TPSA) is 66.8 Å². The summed E-state index contributed by atoms with van der Waals surface area (Å²) in [6, 6.07) is 2.39. The van der Waals surface area contributed by atoms with Crippen molar-refractivity contribution in [2.75, 3.05) is 31.2 Å². The van der Waals surface area contributed by atoms with Gasteiger partial charge in [0.15, 0.2) is 9.84 Å². The average molecular weight is 446 g/mol. The Morgan fingerprint density at radius 2 is 2.10 bits per heavy atom. The van der Waals surface area contributed by atoms with Gasteiger partial charge in [-0.3, -0.25) is 4.90 Å². The summed E-state index contributed by atoms with van der Waals surface area (Å²) >= 11 is 1.71. The summed E-state index contributed by atoms with van der Waals surface area (Å²) in [6.45, 7) is 5.79. The van der Waals surface area contributed by atoms with Crippen LogP contribution in [-0.2, 0) is 33.0 Å². The smallest absolute Gasteiger partial charge is 0.150 e. The molecule has 164 valence electrons. The number of β-amino-alcohol motifs (C(OH)–C–C–N with tert-alkyl or cyclic N) is 1. The Hall–Kier alpha value is -0.540. The van der Waals surface area contributed by atoms with Crippen LogP contribution in [0.4, 0.5) is 4.39 Å². The number of fused-ring (bicyclic) bond motifs is 2. The minimum Gasteiger partial charge on any atom is -0.388 e. The van der Waals surface area contributed by atoms with Crippen LogP contribution in [0.2, 0.25) is 0 Å². The van der Waals surface area contributed by atoms with Gasteiger partial charge in [-0.05, 0) is 57.6 Å². The molecule has 3 aliphatic rings. The molecule has 0 saturated carbocycles. The van der Waals surface area contributed by atoms with Gasteiger partial charge in [-0.15, -0.1) is 11.3 Å². The molecule has 0 amide bonds. The summed E-state index contributed by atoms with van der Waals surface area (Å²) < 4.78 is 43.3. The highest BCUT2D eigenvalue weighted by molar-refractivity contribution is 7.91. The molecular formula is C21H32FNO4S2. The second kappa shape index (κ2) is 7.86. The van der Waals surface area contributed by atoms with Crippen molar-refractivity contribution >= 4 is 21.2 Å². The number of hydrogen-bond acceptors (Lipinski definition) is 6. The van der Waals surface area contributed by atoms with Crippen molar-refractivity contribution in [3.63, 3.8) is 0 Å². The van der Waals surface area contributed by atoms with E-state index in [0.717, 1.165) is 30.7 Å². The van der Waals surface area contributed by atoms with E-state index in [9.17, 15) is 17.9 Å². The lowest BCUT2D eigenvalue weighted by atomic mass is 9.81. The predicted octanol–water partition coefficient (Wildman–Crippen LogP) is 2.84. The molecule has 29 heavy (non-hydrogen) atoms. The van der Waals surface area contributed by atoms with Crippen molar-refractivity contribution in [1.82, 2.24) is 4.90 Å². The third-order valence-electron chi connectivity index (χ3n) is 6.81. The monoisotopic (exact) mass is 445 g/mol. The van der Waals surface area contributed by atoms with Crippen LogP contribution in [0.3, 0.4) is 0 Å². The van der Waals surface area contributed by atoms with Gasteiger partial charge < -0.3 is 9.84 Å². The zero-order valence-electron chi connectivity index (χ0n) is 17.3. The summed E-state index contributed by atoms with van der Waals surface area (Å²) in [4.78, 5) is 4.66. The second-order valence-corrected chi connectivity index (χ2v) is 12.7. The molecule has 5 nitrogen and oxygen atoms in total. The molecule has 1 spiro atoms. The quantitative estimate of drug-likeness (QED) is 0.772. The standard InChI is InChI=1S/C21H32FNO4S2/c1-15(22)11-18-12-17-3-8-27-21(19(17)28-18)4-7-23(16(2)13-21)14-20(24)5-9-29(25,26)10-6-20/h12,15-16,24H,3-11,13-14H2,1-2H3/t15?,16-,21?/m0/s1. The number of alkyl halides is 1. The lowest BCUT2D eigenvalue weighted by molar-refractivity contribution is -0.120. The van der Waals surface area contributed by atoms with Crippen molar-refractivity contribution in [2.45, 2.75) is 75.8 Å². The molecule has 0 radical (unpaired) electrons. The number of ether oxygens (including phenoxy) is 1. The first-order valence-electron chi connectivity index (χ1n) is 10.7. The Kier molecular flexibility index (Phi) is 5.88. The molecule has 1 aromatic rings. The maximum atomic E-state index is 13.5. The van der Waals surface area contributed by atoms with Gasteiger partial charge in [-0.2, -0.15) is 0 Å². The van der Waals surface area contributed by atoms with Crippen LogP contribution in [0.5, 0.6) is 0 Å². The Morgan fingerprint density at radius 1 is 1.38 bits per heavy atom. The SMILES string of the molecule is CC(F)Cc1cc2c(s1)C1(CCN(CC3(O)CCS(=O)(=O)CC3)[C@@H](C)C1)OCC2. The third kappa shape index (κ3) is 4.56. The molecule has 2 saturated heterocycles. The summed E-state index contributed by atoms with van der Waals surface area (Å²) in [5.41, 5.74) is 0.0919. The number of rotatable bonds is 4. The van der Waals surface area contributed by atoms with Crippen LogP contribution in [0.1, 0.15) is 54.8 Å². The molecule has 4 heterocycles. The Labute approximate surface area is 177 Å². The fraction of sp³-hybridized carbons (Fsp3) is 0.810. The van der Waals surface area contributed by atoms with Gasteiger partial charge in [-0.1, -0.05) is 0 Å². The fourth-order valence-electron chi connectivity index (χ4n) is 5.14. The van der Waals surface area contributed by atoms with Gasteiger partial charge in [0, 0.05) is 35.3 Å². The van der Waals surface area contributed by atoms with E-state index in [2.05, 4.69) is 17.9 Å². The highest BCUT2D eigenvalue weighted by Gasteiger charge is 2.46. The number of halogens is 1. The van der Waals surface area contributed by atoms with E-state index < -0.39 is 21.6 Å². The van der Waals surface area contributed by atoms with Gasteiger partial charge in [0.2, 0.25) is 0 Å².